The Morgan fingerprint density at radius 2 is 1.94 bits per heavy atom. The summed E-state index contributed by atoms with van der Waals surface area (Å²) in [5, 5.41) is 17.7. The molecule has 1 heterocycles. The summed E-state index contributed by atoms with van der Waals surface area (Å²) in [4.78, 5) is 2.31. The molecule has 86 valence electrons. The quantitative estimate of drug-likeness (QED) is 0.738. The van der Waals surface area contributed by atoms with Crippen LogP contribution in [0.15, 0.2) is 18.2 Å². The molecule has 1 aromatic carbocycles. The molecule has 0 aliphatic carbocycles. The first kappa shape index (κ1) is 11.5. The van der Waals surface area contributed by atoms with Crippen LogP contribution in [0, 0.1) is 35.5 Å². The molecule has 0 bridgehead atoms. The Morgan fingerprint density at radius 3 is 2.47 bits per heavy atom. The van der Waals surface area contributed by atoms with Crippen LogP contribution in [0.25, 0.3) is 0 Å². The number of piperidine rings is 1. The fraction of sp³-hybridized carbons (Fsp3) is 0.429. The first-order valence-corrected chi connectivity index (χ1v) is 5.90. The third-order valence-electron chi connectivity index (χ3n) is 3.34. The van der Waals surface area contributed by atoms with Gasteiger partial charge in [-0.25, -0.2) is 0 Å². The van der Waals surface area contributed by atoms with E-state index >= 15 is 0 Å². The van der Waals surface area contributed by atoms with Crippen LogP contribution in [0.5, 0.6) is 0 Å². The molecular formula is C14H15N3. The molecule has 0 unspecified atom stereocenters. The van der Waals surface area contributed by atoms with Gasteiger partial charge in [-0.3, -0.25) is 0 Å². The van der Waals surface area contributed by atoms with Crippen molar-refractivity contribution in [2.75, 3.05) is 18.0 Å². The van der Waals surface area contributed by atoms with Crippen molar-refractivity contribution in [3.8, 4) is 12.1 Å². The molecule has 0 spiro atoms. The zero-order valence-electron chi connectivity index (χ0n) is 9.98. The average molecular weight is 225 g/mol. The second-order valence-corrected chi connectivity index (χ2v) is 4.50. The SMILES string of the molecule is Cc1cc(C#N)ccc1N1CCC(C#N)CC1. The van der Waals surface area contributed by atoms with Crippen LogP contribution in [0.2, 0.25) is 0 Å². The van der Waals surface area contributed by atoms with E-state index < -0.39 is 0 Å². The molecule has 0 aromatic heterocycles. The Bertz CT molecular complexity index is 485. The van der Waals surface area contributed by atoms with E-state index in [4.69, 9.17) is 10.5 Å². The fourth-order valence-corrected chi connectivity index (χ4v) is 2.33. The van der Waals surface area contributed by atoms with Gasteiger partial charge in [0.25, 0.3) is 0 Å². The molecule has 2 rings (SSSR count). The van der Waals surface area contributed by atoms with E-state index in [-0.39, 0.29) is 5.92 Å². The van der Waals surface area contributed by atoms with Crippen molar-refractivity contribution in [3.63, 3.8) is 0 Å². The minimum Gasteiger partial charge on any atom is -0.371 e. The normalized spacial score (nSPS) is 16.3. The molecule has 3 heteroatoms. The van der Waals surface area contributed by atoms with Gasteiger partial charge in [0.15, 0.2) is 0 Å². The lowest BCUT2D eigenvalue weighted by molar-refractivity contribution is 0.487. The van der Waals surface area contributed by atoms with Gasteiger partial charge in [0.2, 0.25) is 0 Å². The smallest absolute Gasteiger partial charge is 0.0991 e. The summed E-state index contributed by atoms with van der Waals surface area (Å²) in [5.74, 6) is 0.213. The summed E-state index contributed by atoms with van der Waals surface area (Å²) in [7, 11) is 0. The van der Waals surface area contributed by atoms with Gasteiger partial charge in [-0.1, -0.05) is 0 Å². The van der Waals surface area contributed by atoms with Crippen LogP contribution >= 0.6 is 0 Å². The monoisotopic (exact) mass is 225 g/mol. The molecule has 0 amide bonds. The van der Waals surface area contributed by atoms with Crippen molar-refractivity contribution < 1.29 is 0 Å². The lowest BCUT2D eigenvalue weighted by Gasteiger charge is -2.32. The van der Waals surface area contributed by atoms with Gasteiger partial charge in [-0.15, -0.1) is 0 Å². The number of nitrogens with zero attached hydrogens (tertiary/aromatic N) is 3. The van der Waals surface area contributed by atoms with Crippen molar-refractivity contribution in [2.24, 2.45) is 5.92 Å². The molecule has 1 aliphatic rings. The molecule has 1 aromatic rings. The van der Waals surface area contributed by atoms with Gasteiger partial charge < -0.3 is 4.90 Å². The van der Waals surface area contributed by atoms with Gasteiger partial charge >= 0.3 is 0 Å². The fourth-order valence-electron chi connectivity index (χ4n) is 2.33. The number of nitriles is 2. The maximum atomic E-state index is 8.87. The summed E-state index contributed by atoms with van der Waals surface area (Å²) in [6, 6.07) is 10.3. The topological polar surface area (TPSA) is 50.8 Å². The minimum absolute atomic E-state index is 0.213. The Kier molecular flexibility index (Phi) is 3.30. The summed E-state index contributed by atoms with van der Waals surface area (Å²) in [5.41, 5.74) is 3.04. The number of benzene rings is 1. The molecule has 0 atom stereocenters. The third-order valence-corrected chi connectivity index (χ3v) is 3.34. The van der Waals surface area contributed by atoms with Crippen molar-refractivity contribution in [1.82, 2.24) is 0 Å². The van der Waals surface area contributed by atoms with Crippen molar-refractivity contribution >= 4 is 5.69 Å². The van der Waals surface area contributed by atoms with Crippen LogP contribution in [-0.2, 0) is 0 Å². The summed E-state index contributed by atoms with van der Waals surface area (Å²) < 4.78 is 0. The second-order valence-electron chi connectivity index (χ2n) is 4.50. The lowest BCUT2D eigenvalue weighted by atomic mass is 9.97. The summed E-state index contributed by atoms with van der Waals surface area (Å²) >= 11 is 0. The van der Waals surface area contributed by atoms with Crippen molar-refractivity contribution in [1.29, 1.82) is 10.5 Å². The van der Waals surface area contributed by atoms with Gasteiger partial charge in [-0.05, 0) is 43.5 Å². The Balaban J connectivity index is 2.14. The van der Waals surface area contributed by atoms with Gasteiger partial charge in [0.1, 0.15) is 0 Å². The van der Waals surface area contributed by atoms with Crippen LogP contribution in [0.4, 0.5) is 5.69 Å². The van der Waals surface area contributed by atoms with E-state index in [1.165, 1.54) is 5.69 Å². The van der Waals surface area contributed by atoms with Gasteiger partial charge in [-0.2, -0.15) is 10.5 Å². The first-order chi connectivity index (χ1) is 8.24. The zero-order valence-corrected chi connectivity index (χ0v) is 9.98. The third kappa shape index (κ3) is 2.40. The maximum Gasteiger partial charge on any atom is 0.0991 e. The Hall–Kier alpha value is -2.00. The predicted octanol–water partition coefficient (Wildman–Crippen LogP) is 2.61. The molecule has 1 saturated heterocycles. The van der Waals surface area contributed by atoms with E-state index in [0.29, 0.717) is 5.56 Å². The molecule has 0 radical (unpaired) electrons. The zero-order chi connectivity index (χ0) is 12.3. The van der Waals surface area contributed by atoms with Crippen molar-refractivity contribution in [2.45, 2.75) is 19.8 Å². The van der Waals surface area contributed by atoms with Crippen LogP contribution in [-0.4, -0.2) is 13.1 Å². The van der Waals surface area contributed by atoms with Crippen molar-refractivity contribution in [3.05, 3.63) is 29.3 Å². The molecule has 3 nitrogen and oxygen atoms in total. The number of anilines is 1. The molecule has 0 N–H and O–H groups in total. The van der Waals surface area contributed by atoms with E-state index in [0.717, 1.165) is 31.5 Å². The summed E-state index contributed by atoms with van der Waals surface area (Å²) in [6.45, 7) is 3.91. The van der Waals surface area contributed by atoms with E-state index in [2.05, 4.69) is 17.0 Å². The maximum absolute atomic E-state index is 8.87. The standard InChI is InChI=1S/C14H15N3/c1-11-8-13(10-16)2-3-14(11)17-6-4-12(9-15)5-7-17/h2-3,8,12H,4-7H2,1H3. The summed E-state index contributed by atoms with van der Waals surface area (Å²) in [6.07, 6.45) is 1.88. The predicted molar refractivity (Wildman–Crippen MR) is 66.4 cm³/mol. The first-order valence-electron chi connectivity index (χ1n) is 5.90. The average Bonchev–Trinajstić information content (AvgIpc) is 2.39. The number of rotatable bonds is 1. The Labute approximate surface area is 102 Å². The second kappa shape index (κ2) is 4.89. The number of hydrogen-bond donors (Lipinski definition) is 0. The highest BCUT2D eigenvalue weighted by Crippen LogP contribution is 2.26. The van der Waals surface area contributed by atoms with Gasteiger partial charge in [0.05, 0.1) is 17.7 Å². The van der Waals surface area contributed by atoms with Crippen LogP contribution in [0.3, 0.4) is 0 Å². The molecular weight excluding hydrogens is 210 g/mol. The highest BCUT2D eigenvalue weighted by atomic mass is 15.1. The lowest BCUT2D eigenvalue weighted by Crippen LogP contribution is -2.33. The van der Waals surface area contributed by atoms with E-state index in [1.807, 2.05) is 25.1 Å². The number of aryl methyl sites for hydroxylation is 1. The Morgan fingerprint density at radius 1 is 1.24 bits per heavy atom. The largest absolute Gasteiger partial charge is 0.371 e. The number of hydrogen-bond acceptors (Lipinski definition) is 3. The van der Waals surface area contributed by atoms with Gasteiger partial charge in [0, 0.05) is 24.7 Å². The molecule has 17 heavy (non-hydrogen) atoms. The van der Waals surface area contributed by atoms with E-state index in [9.17, 15) is 0 Å². The highest BCUT2D eigenvalue weighted by Gasteiger charge is 2.19. The van der Waals surface area contributed by atoms with E-state index in [1.54, 1.807) is 0 Å². The molecule has 0 saturated carbocycles. The molecule has 1 fully saturated rings. The molecule has 1 aliphatic heterocycles. The van der Waals surface area contributed by atoms with Crippen LogP contribution in [0.1, 0.15) is 24.0 Å². The highest BCUT2D eigenvalue weighted by molar-refractivity contribution is 5.56. The minimum atomic E-state index is 0.213. The van der Waals surface area contributed by atoms with Crippen LogP contribution < -0.4 is 4.90 Å².